The van der Waals surface area contributed by atoms with E-state index >= 15 is 0 Å². The van der Waals surface area contributed by atoms with Crippen molar-refractivity contribution in [3.8, 4) is 0 Å². The molecule has 21 heavy (non-hydrogen) atoms. The quantitative estimate of drug-likeness (QED) is 0.892. The van der Waals surface area contributed by atoms with Crippen molar-refractivity contribution in [1.29, 1.82) is 0 Å². The summed E-state index contributed by atoms with van der Waals surface area (Å²) in [5.74, 6) is 0.388. The second-order valence-corrected chi connectivity index (χ2v) is 6.62. The predicted molar refractivity (Wildman–Crippen MR) is 86.6 cm³/mol. The van der Waals surface area contributed by atoms with E-state index in [9.17, 15) is 4.79 Å². The number of carbonyl (C=O) groups excluding carboxylic acids is 1. The second kappa shape index (κ2) is 6.83. The lowest BCUT2D eigenvalue weighted by atomic mass is 9.99. The van der Waals surface area contributed by atoms with Gasteiger partial charge in [-0.25, -0.2) is 4.98 Å². The van der Waals surface area contributed by atoms with Crippen LogP contribution in [0.3, 0.4) is 0 Å². The normalized spacial score (nSPS) is 12.4. The van der Waals surface area contributed by atoms with E-state index in [0.29, 0.717) is 17.3 Å². The first-order valence-electron chi connectivity index (χ1n) is 7.03. The largest absolute Gasteiger partial charge is 0.349 e. The summed E-state index contributed by atoms with van der Waals surface area (Å²) in [6, 6.07) is 8.04. The number of aromatic nitrogens is 1. The molecule has 0 saturated carbocycles. The zero-order valence-corrected chi connectivity index (χ0v) is 13.4. The zero-order valence-electron chi connectivity index (χ0n) is 12.6. The third kappa shape index (κ3) is 4.12. The van der Waals surface area contributed by atoms with Gasteiger partial charge in [-0.05, 0) is 24.0 Å². The van der Waals surface area contributed by atoms with Crippen molar-refractivity contribution in [2.45, 2.75) is 32.7 Å². The summed E-state index contributed by atoms with van der Waals surface area (Å²) in [6.45, 7) is 6.61. The Kier molecular flexibility index (Phi) is 5.09. The Morgan fingerprint density at radius 2 is 1.90 bits per heavy atom. The van der Waals surface area contributed by atoms with E-state index in [1.54, 1.807) is 6.20 Å². The van der Waals surface area contributed by atoms with Crippen molar-refractivity contribution < 1.29 is 4.79 Å². The van der Waals surface area contributed by atoms with Gasteiger partial charge in [-0.1, -0.05) is 38.1 Å². The summed E-state index contributed by atoms with van der Waals surface area (Å²) >= 11 is 1.38. The molecular formula is C16H21N3OS. The summed E-state index contributed by atoms with van der Waals surface area (Å²) in [6.07, 6.45) is 1.60. The number of nitrogens with two attached hydrogens (primary N) is 1. The molecule has 1 aromatic carbocycles. The molecule has 0 aliphatic rings. The molecule has 2 rings (SSSR count). The van der Waals surface area contributed by atoms with Gasteiger partial charge in [0, 0.05) is 12.6 Å². The Bertz CT molecular complexity index is 604. The Morgan fingerprint density at radius 3 is 2.43 bits per heavy atom. The summed E-state index contributed by atoms with van der Waals surface area (Å²) in [5, 5.41) is 3.74. The van der Waals surface area contributed by atoms with Crippen LogP contribution in [0.25, 0.3) is 0 Å². The van der Waals surface area contributed by atoms with Gasteiger partial charge < -0.3 is 11.1 Å². The van der Waals surface area contributed by atoms with Gasteiger partial charge in [0.15, 0.2) is 0 Å². The van der Waals surface area contributed by atoms with Crippen molar-refractivity contribution in [1.82, 2.24) is 10.3 Å². The van der Waals surface area contributed by atoms with Crippen LogP contribution in [-0.2, 0) is 0 Å². The molecular weight excluding hydrogens is 282 g/mol. The fraction of sp³-hybridized carbons (Fsp3) is 0.375. The van der Waals surface area contributed by atoms with Gasteiger partial charge in [0.05, 0.1) is 11.2 Å². The van der Waals surface area contributed by atoms with E-state index in [1.807, 2.05) is 19.1 Å². The van der Waals surface area contributed by atoms with E-state index < -0.39 is 0 Å². The molecule has 4 nitrogen and oxygen atoms in total. The summed E-state index contributed by atoms with van der Waals surface area (Å²) in [4.78, 5) is 16.6. The van der Waals surface area contributed by atoms with Gasteiger partial charge in [-0.3, -0.25) is 4.79 Å². The van der Waals surface area contributed by atoms with Crippen LogP contribution in [0.15, 0.2) is 30.5 Å². The van der Waals surface area contributed by atoms with Crippen LogP contribution >= 0.6 is 11.3 Å². The van der Waals surface area contributed by atoms with Crippen molar-refractivity contribution in [2.75, 3.05) is 6.54 Å². The molecule has 0 fully saturated rings. The molecule has 3 N–H and O–H groups in total. The average Bonchev–Trinajstić information content (AvgIpc) is 2.91. The zero-order chi connectivity index (χ0) is 15.4. The maximum absolute atomic E-state index is 11.9. The van der Waals surface area contributed by atoms with E-state index in [1.165, 1.54) is 16.9 Å². The number of aryl methyl sites for hydroxylation is 1. The maximum Gasteiger partial charge on any atom is 0.263 e. The molecule has 0 spiro atoms. The molecule has 1 heterocycles. The third-order valence-electron chi connectivity index (χ3n) is 3.36. The highest BCUT2D eigenvalue weighted by Crippen LogP contribution is 2.17. The third-order valence-corrected chi connectivity index (χ3v) is 4.27. The van der Waals surface area contributed by atoms with E-state index in [4.69, 9.17) is 5.73 Å². The number of nitrogens with zero attached hydrogens (tertiary/aromatic N) is 1. The van der Waals surface area contributed by atoms with Crippen LogP contribution in [0, 0.1) is 6.92 Å². The van der Waals surface area contributed by atoms with Crippen LogP contribution in [0.4, 0.5) is 0 Å². The number of nitrogens with one attached hydrogen (secondary N) is 1. The minimum atomic E-state index is -0.204. The van der Waals surface area contributed by atoms with Crippen LogP contribution in [0.2, 0.25) is 0 Å². The van der Waals surface area contributed by atoms with Crippen molar-refractivity contribution in [2.24, 2.45) is 5.73 Å². The molecule has 5 heteroatoms. The fourth-order valence-electron chi connectivity index (χ4n) is 2.00. The Balaban J connectivity index is 1.92. The van der Waals surface area contributed by atoms with Gasteiger partial charge in [-0.2, -0.15) is 0 Å². The Morgan fingerprint density at radius 1 is 1.29 bits per heavy atom. The molecule has 0 aliphatic carbocycles. The summed E-state index contributed by atoms with van der Waals surface area (Å²) < 4.78 is 0. The smallest absolute Gasteiger partial charge is 0.263 e. The molecule has 2 aromatic rings. The van der Waals surface area contributed by atoms with Gasteiger partial charge in [0.2, 0.25) is 0 Å². The number of amides is 1. The van der Waals surface area contributed by atoms with Gasteiger partial charge in [0.1, 0.15) is 4.88 Å². The van der Waals surface area contributed by atoms with Gasteiger partial charge in [0.25, 0.3) is 5.91 Å². The van der Waals surface area contributed by atoms with Crippen LogP contribution in [-0.4, -0.2) is 17.4 Å². The number of hydrogen-bond donors (Lipinski definition) is 2. The summed E-state index contributed by atoms with van der Waals surface area (Å²) in [7, 11) is 0. The molecule has 0 bridgehead atoms. The minimum Gasteiger partial charge on any atom is -0.349 e. The first-order valence-corrected chi connectivity index (χ1v) is 7.85. The van der Waals surface area contributed by atoms with E-state index in [0.717, 1.165) is 10.6 Å². The first-order chi connectivity index (χ1) is 9.97. The highest BCUT2D eigenvalue weighted by molar-refractivity contribution is 7.13. The number of thiazole rings is 1. The number of rotatable bonds is 5. The van der Waals surface area contributed by atoms with Crippen molar-refractivity contribution in [3.05, 3.63) is 51.5 Å². The summed E-state index contributed by atoms with van der Waals surface area (Å²) in [5.41, 5.74) is 8.44. The second-order valence-electron chi connectivity index (χ2n) is 5.38. The molecule has 1 aromatic heterocycles. The maximum atomic E-state index is 11.9. The molecule has 1 atom stereocenters. The van der Waals surface area contributed by atoms with Gasteiger partial charge in [-0.15, -0.1) is 11.3 Å². The highest BCUT2D eigenvalue weighted by Gasteiger charge is 2.12. The van der Waals surface area contributed by atoms with Crippen molar-refractivity contribution >= 4 is 17.2 Å². The lowest BCUT2D eigenvalue weighted by Gasteiger charge is -2.14. The number of benzene rings is 1. The minimum absolute atomic E-state index is 0.116. The average molecular weight is 303 g/mol. The standard InChI is InChI=1S/C16H21N3OS/c1-10(2)12-4-6-13(7-5-12)14(17)8-19-16(20)15-9-18-11(3)21-15/h4-7,9-10,14H,8,17H2,1-3H3,(H,19,20). The highest BCUT2D eigenvalue weighted by atomic mass is 32.1. The SMILES string of the molecule is Cc1ncc(C(=O)NCC(N)c2ccc(C(C)C)cc2)s1. The lowest BCUT2D eigenvalue weighted by Crippen LogP contribution is -2.31. The molecule has 112 valence electrons. The Hall–Kier alpha value is -1.72. The molecule has 1 unspecified atom stereocenters. The molecule has 0 aliphatic heterocycles. The van der Waals surface area contributed by atoms with Crippen LogP contribution in [0.1, 0.15) is 51.6 Å². The Labute approximate surface area is 129 Å². The van der Waals surface area contributed by atoms with Gasteiger partial charge >= 0.3 is 0 Å². The fourth-order valence-corrected chi connectivity index (χ4v) is 2.70. The topological polar surface area (TPSA) is 68.0 Å². The lowest BCUT2D eigenvalue weighted by molar-refractivity contribution is 0.0955. The van der Waals surface area contributed by atoms with Crippen molar-refractivity contribution in [3.63, 3.8) is 0 Å². The van der Waals surface area contributed by atoms with E-state index in [-0.39, 0.29) is 11.9 Å². The predicted octanol–water partition coefficient (Wildman–Crippen LogP) is 3.00. The monoisotopic (exact) mass is 303 g/mol. The molecule has 0 radical (unpaired) electrons. The first kappa shape index (κ1) is 15.7. The van der Waals surface area contributed by atoms with Crippen LogP contribution in [0.5, 0.6) is 0 Å². The molecule has 1 amide bonds. The number of carbonyl (C=O) groups is 1. The number of hydrogen-bond acceptors (Lipinski definition) is 4. The van der Waals surface area contributed by atoms with E-state index in [2.05, 4.69) is 36.3 Å². The van der Waals surface area contributed by atoms with Crippen LogP contribution < -0.4 is 11.1 Å². The molecule has 0 saturated heterocycles.